The number of amides is 1. The van der Waals surface area contributed by atoms with Gasteiger partial charge in [-0.25, -0.2) is 4.79 Å². The van der Waals surface area contributed by atoms with Crippen molar-refractivity contribution in [3.8, 4) is 0 Å². The van der Waals surface area contributed by atoms with Crippen LogP contribution in [0.5, 0.6) is 0 Å². The Kier molecular flexibility index (Phi) is 4.20. The molecule has 2 aromatic rings. The van der Waals surface area contributed by atoms with Gasteiger partial charge in [-0.2, -0.15) is 0 Å². The summed E-state index contributed by atoms with van der Waals surface area (Å²) < 4.78 is 5.17. The zero-order valence-electron chi connectivity index (χ0n) is 11.0. The lowest BCUT2D eigenvalue weighted by Crippen LogP contribution is -2.42. The molecule has 0 unspecified atom stereocenters. The average molecular weight is 273 g/mol. The molecule has 1 aromatic carbocycles. The number of hydrogen-bond acceptors (Lipinski definition) is 3. The van der Waals surface area contributed by atoms with E-state index in [0.717, 1.165) is 5.56 Å². The Bertz CT molecular complexity index is 603. The second kappa shape index (κ2) is 6.06. The fraction of sp³-hybridized carbons (Fsp3) is 0.200. The molecule has 0 spiro atoms. The fourth-order valence-electron chi connectivity index (χ4n) is 1.84. The van der Waals surface area contributed by atoms with Gasteiger partial charge < -0.3 is 14.8 Å². The normalized spacial score (nSPS) is 11.8. The minimum atomic E-state index is -1.08. The molecule has 0 saturated heterocycles. The number of benzene rings is 1. The lowest BCUT2D eigenvalue weighted by molar-refractivity contribution is -0.139. The number of furan rings is 1. The van der Waals surface area contributed by atoms with Crippen LogP contribution in [-0.4, -0.2) is 23.0 Å². The maximum atomic E-state index is 11.9. The Labute approximate surface area is 116 Å². The molecule has 0 aliphatic heterocycles. The zero-order chi connectivity index (χ0) is 14.5. The van der Waals surface area contributed by atoms with Crippen molar-refractivity contribution < 1.29 is 19.1 Å². The molecule has 1 atom stereocenters. The number of carbonyl (C=O) groups excluding carboxylic acids is 1. The number of carboxylic acid groups (broad SMARTS) is 1. The number of aliphatic carboxylic acids is 1. The number of aryl methyl sites for hydroxylation is 1. The van der Waals surface area contributed by atoms with Gasteiger partial charge >= 0.3 is 5.97 Å². The smallest absolute Gasteiger partial charge is 0.326 e. The molecule has 1 amide bonds. The van der Waals surface area contributed by atoms with E-state index in [1.54, 1.807) is 13.0 Å². The molecular weight excluding hydrogens is 258 g/mol. The second-order valence-electron chi connectivity index (χ2n) is 4.46. The van der Waals surface area contributed by atoms with E-state index in [1.807, 2.05) is 30.3 Å². The van der Waals surface area contributed by atoms with Crippen LogP contribution in [0.15, 0.2) is 46.9 Å². The van der Waals surface area contributed by atoms with Gasteiger partial charge in [0.1, 0.15) is 11.8 Å². The Hall–Kier alpha value is -2.56. The topological polar surface area (TPSA) is 79.5 Å². The first-order chi connectivity index (χ1) is 9.56. The first kappa shape index (κ1) is 13.9. The Morgan fingerprint density at radius 1 is 1.20 bits per heavy atom. The quantitative estimate of drug-likeness (QED) is 0.873. The Morgan fingerprint density at radius 2 is 1.90 bits per heavy atom. The van der Waals surface area contributed by atoms with Gasteiger partial charge in [-0.3, -0.25) is 4.79 Å². The zero-order valence-corrected chi connectivity index (χ0v) is 11.0. The average Bonchev–Trinajstić information content (AvgIpc) is 2.86. The molecule has 5 heteroatoms. The first-order valence-electron chi connectivity index (χ1n) is 6.20. The molecule has 0 aliphatic rings. The molecule has 20 heavy (non-hydrogen) atoms. The highest BCUT2D eigenvalue weighted by Gasteiger charge is 2.22. The fourth-order valence-corrected chi connectivity index (χ4v) is 1.84. The third-order valence-corrected chi connectivity index (χ3v) is 2.85. The van der Waals surface area contributed by atoms with Crippen LogP contribution in [0, 0.1) is 6.92 Å². The predicted octanol–water partition coefficient (Wildman–Crippen LogP) is 2.01. The molecule has 104 valence electrons. The van der Waals surface area contributed by atoms with Gasteiger partial charge in [-0.1, -0.05) is 30.3 Å². The molecule has 1 heterocycles. The van der Waals surface area contributed by atoms with Crippen molar-refractivity contribution in [3.63, 3.8) is 0 Å². The highest BCUT2D eigenvalue weighted by atomic mass is 16.4. The standard InChI is InChI=1S/C15H15NO4/c1-10-7-8-13(20-10)14(17)16-12(15(18)19)9-11-5-3-2-4-6-11/h2-8,12H,9H2,1H3,(H,16,17)(H,18,19)/t12-/m1/s1. The van der Waals surface area contributed by atoms with Crippen LogP contribution in [0.4, 0.5) is 0 Å². The summed E-state index contributed by atoms with van der Waals surface area (Å²) >= 11 is 0. The van der Waals surface area contributed by atoms with Gasteiger partial charge in [0, 0.05) is 6.42 Å². The minimum Gasteiger partial charge on any atom is -0.480 e. The van der Waals surface area contributed by atoms with Crippen LogP contribution in [0.25, 0.3) is 0 Å². The maximum Gasteiger partial charge on any atom is 0.326 e. The van der Waals surface area contributed by atoms with Gasteiger partial charge in [-0.15, -0.1) is 0 Å². The highest BCUT2D eigenvalue weighted by molar-refractivity contribution is 5.94. The van der Waals surface area contributed by atoms with E-state index >= 15 is 0 Å². The summed E-state index contributed by atoms with van der Waals surface area (Å²) in [5, 5.41) is 11.7. The molecule has 0 radical (unpaired) electrons. The molecular formula is C15H15NO4. The predicted molar refractivity (Wildman–Crippen MR) is 72.5 cm³/mol. The van der Waals surface area contributed by atoms with Gasteiger partial charge in [0.25, 0.3) is 5.91 Å². The number of hydrogen-bond donors (Lipinski definition) is 2. The summed E-state index contributed by atoms with van der Waals surface area (Å²) in [5.74, 6) is -0.890. The summed E-state index contributed by atoms with van der Waals surface area (Å²) in [5.41, 5.74) is 0.843. The van der Waals surface area contributed by atoms with Crippen LogP contribution in [0.1, 0.15) is 21.9 Å². The van der Waals surface area contributed by atoms with Crippen LogP contribution in [-0.2, 0) is 11.2 Å². The molecule has 0 fully saturated rings. The summed E-state index contributed by atoms with van der Waals surface area (Å²) in [6.07, 6.45) is 0.224. The number of nitrogens with one attached hydrogen (secondary N) is 1. The largest absolute Gasteiger partial charge is 0.480 e. The van der Waals surface area contributed by atoms with Gasteiger partial charge in [0.15, 0.2) is 5.76 Å². The van der Waals surface area contributed by atoms with Crippen molar-refractivity contribution in [1.29, 1.82) is 0 Å². The van der Waals surface area contributed by atoms with Crippen molar-refractivity contribution in [1.82, 2.24) is 5.32 Å². The van der Waals surface area contributed by atoms with E-state index in [-0.39, 0.29) is 12.2 Å². The third-order valence-electron chi connectivity index (χ3n) is 2.85. The molecule has 2 rings (SSSR count). The molecule has 5 nitrogen and oxygen atoms in total. The van der Waals surface area contributed by atoms with E-state index in [9.17, 15) is 14.7 Å². The van der Waals surface area contributed by atoms with E-state index in [4.69, 9.17) is 4.42 Å². The van der Waals surface area contributed by atoms with Crippen molar-refractivity contribution in [2.75, 3.05) is 0 Å². The Morgan fingerprint density at radius 3 is 2.45 bits per heavy atom. The van der Waals surface area contributed by atoms with E-state index in [1.165, 1.54) is 6.07 Å². The maximum absolute atomic E-state index is 11.9. The van der Waals surface area contributed by atoms with Crippen molar-refractivity contribution >= 4 is 11.9 Å². The SMILES string of the molecule is Cc1ccc(C(=O)N[C@H](Cc2ccccc2)C(=O)O)o1. The van der Waals surface area contributed by atoms with Crippen LogP contribution < -0.4 is 5.32 Å². The third kappa shape index (κ3) is 3.47. The van der Waals surface area contributed by atoms with Crippen molar-refractivity contribution in [2.24, 2.45) is 0 Å². The molecule has 0 aliphatic carbocycles. The van der Waals surface area contributed by atoms with Gasteiger partial charge in [0.2, 0.25) is 0 Å². The number of carboxylic acids is 1. The summed E-state index contributed by atoms with van der Waals surface area (Å²) in [7, 11) is 0. The summed E-state index contributed by atoms with van der Waals surface area (Å²) in [6.45, 7) is 1.72. The molecule has 0 bridgehead atoms. The van der Waals surface area contributed by atoms with Gasteiger partial charge in [0.05, 0.1) is 0 Å². The van der Waals surface area contributed by atoms with Crippen molar-refractivity contribution in [2.45, 2.75) is 19.4 Å². The lowest BCUT2D eigenvalue weighted by atomic mass is 10.1. The van der Waals surface area contributed by atoms with Crippen LogP contribution in [0.2, 0.25) is 0 Å². The summed E-state index contributed by atoms with van der Waals surface area (Å²) in [6, 6.07) is 11.3. The van der Waals surface area contributed by atoms with Crippen LogP contribution in [0.3, 0.4) is 0 Å². The highest BCUT2D eigenvalue weighted by Crippen LogP contribution is 2.08. The monoisotopic (exact) mass is 273 g/mol. The van der Waals surface area contributed by atoms with E-state index < -0.39 is 17.9 Å². The molecule has 1 aromatic heterocycles. The van der Waals surface area contributed by atoms with Gasteiger partial charge in [-0.05, 0) is 24.6 Å². The lowest BCUT2D eigenvalue weighted by Gasteiger charge is -2.13. The number of carbonyl (C=O) groups is 2. The van der Waals surface area contributed by atoms with Crippen LogP contribution >= 0.6 is 0 Å². The molecule has 2 N–H and O–H groups in total. The first-order valence-corrected chi connectivity index (χ1v) is 6.20. The Balaban J connectivity index is 2.06. The van der Waals surface area contributed by atoms with E-state index in [0.29, 0.717) is 5.76 Å². The number of rotatable bonds is 5. The van der Waals surface area contributed by atoms with Crippen molar-refractivity contribution in [3.05, 3.63) is 59.5 Å². The van der Waals surface area contributed by atoms with E-state index in [2.05, 4.69) is 5.32 Å². The minimum absolute atomic E-state index is 0.113. The second-order valence-corrected chi connectivity index (χ2v) is 4.46. The summed E-state index contributed by atoms with van der Waals surface area (Å²) in [4.78, 5) is 23.1. The molecule has 0 saturated carbocycles.